The van der Waals surface area contributed by atoms with E-state index in [1.807, 2.05) is 14.0 Å². The van der Waals surface area contributed by atoms with Crippen molar-refractivity contribution < 1.29 is 0 Å². The average molecular weight is 260 g/mol. The molecule has 2 rings (SSSR count). The van der Waals surface area contributed by atoms with Gasteiger partial charge in [-0.1, -0.05) is 11.8 Å². The molecule has 0 saturated heterocycles. The van der Waals surface area contributed by atoms with E-state index in [9.17, 15) is 0 Å². The van der Waals surface area contributed by atoms with Crippen LogP contribution >= 0.6 is 11.8 Å². The van der Waals surface area contributed by atoms with Gasteiger partial charge in [-0.2, -0.15) is 0 Å². The van der Waals surface area contributed by atoms with E-state index < -0.39 is 0 Å². The summed E-state index contributed by atoms with van der Waals surface area (Å²) < 4.78 is 0. The van der Waals surface area contributed by atoms with E-state index in [1.54, 1.807) is 24.2 Å². The van der Waals surface area contributed by atoms with Crippen molar-refractivity contribution in [3.05, 3.63) is 41.5 Å². The monoisotopic (exact) mass is 260 g/mol. The predicted octanol–water partition coefficient (Wildman–Crippen LogP) is 2.82. The van der Waals surface area contributed by atoms with Gasteiger partial charge in [0, 0.05) is 18.5 Å². The van der Waals surface area contributed by atoms with E-state index in [0.29, 0.717) is 0 Å². The quantitative estimate of drug-likeness (QED) is 0.857. The minimum atomic E-state index is 0.785. The molecule has 0 radical (unpaired) electrons. The van der Waals surface area contributed by atoms with E-state index in [1.165, 1.54) is 5.56 Å². The van der Waals surface area contributed by atoms with E-state index in [2.05, 4.69) is 39.3 Å². The Bertz CT molecular complexity index is 505. The van der Waals surface area contributed by atoms with Gasteiger partial charge >= 0.3 is 0 Å². The SMILES string of the molecule is CNc1cnc(CSc2cc(C)cc(C)n2)cn1. The van der Waals surface area contributed by atoms with Crippen LogP contribution in [0.5, 0.6) is 0 Å². The van der Waals surface area contributed by atoms with Gasteiger partial charge in [0.15, 0.2) is 0 Å². The Hall–Kier alpha value is -1.62. The summed E-state index contributed by atoms with van der Waals surface area (Å²) in [5, 5.41) is 3.98. The molecule has 0 amide bonds. The van der Waals surface area contributed by atoms with Crippen LogP contribution in [0.2, 0.25) is 0 Å². The van der Waals surface area contributed by atoms with Crippen LogP contribution in [0.15, 0.2) is 29.6 Å². The molecule has 0 aromatic carbocycles. The highest BCUT2D eigenvalue weighted by Crippen LogP contribution is 2.21. The van der Waals surface area contributed by atoms with Gasteiger partial charge in [0.2, 0.25) is 0 Å². The topological polar surface area (TPSA) is 50.7 Å². The van der Waals surface area contributed by atoms with Gasteiger partial charge in [0.25, 0.3) is 0 Å². The molecule has 0 bridgehead atoms. The maximum absolute atomic E-state index is 4.49. The Morgan fingerprint density at radius 1 is 1.17 bits per heavy atom. The average Bonchev–Trinajstić information content (AvgIpc) is 2.36. The first kappa shape index (κ1) is 12.8. The summed E-state index contributed by atoms with van der Waals surface area (Å²) in [6.45, 7) is 4.10. The van der Waals surface area contributed by atoms with Gasteiger partial charge in [0.1, 0.15) is 5.82 Å². The molecule has 4 nitrogen and oxygen atoms in total. The Kier molecular flexibility index (Phi) is 4.15. The highest BCUT2D eigenvalue weighted by Gasteiger charge is 2.01. The fourth-order valence-corrected chi connectivity index (χ4v) is 2.51. The third-order valence-electron chi connectivity index (χ3n) is 2.40. The van der Waals surface area contributed by atoms with E-state index in [4.69, 9.17) is 0 Å². The second-order valence-corrected chi connectivity index (χ2v) is 5.05. The van der Waals surface area contributed by atoms with Gasteiger partial charge in [-0.15, -0.1) is 0 Å². The van der Waals surface area contributed by atoms with Crippen molar-refractivity contribution in [3.63, 3.8) is 0 Å². The van der Waals surface area contributed by atoms with Crippen molar-refractivity contribution in [1.29, 1.82) is 0 Å². The standard InChI is InChI=1S/C13H16N4S/c1-9-4-10(2)17-13(5-9)18-8-11-6-16-12(14-3)7-15-11/h4-7H,8H2,1-3H3,(H,14,16). The number of rotatable bonds is 4. The molecular formula is C13H16N4S. The van der Waals surface area contributed by atoms with Crippen LogP contribution in [-0.2, 0) is 5.75 Å². The number of nitrogens with zero attached hydrogens (tertiary/aromatic N) is 3. The molecule has 18 heavy (non-hydrogen) atoms. The van der Waals surface area contributed by atoms with Crippen molar-refractivity contribution >= 4 is 17.6 Å². The molecule has 0 spiro atoms. The number of pyridine rings is 1. The maximum atomic E-state index is 4.49. The third-order valence-corrected chi connectivity index (χ3v) is 3.35. The lowest BCUT2D eigenvalue weighted by Gasteiger charge is -2.04. The van der Waals surface area contributed by atoms with Crippen LogP contribution < -0.4 is 5.32 Å². The predicted molar refractivity (Wildman–Crippen MR) is 74.9 cm³/mol. The molecule has 0 atom stereocenters. The molecule has 0 aliphatic rings. The van der Waals surface area contributed by atoms with E-state index in [-0.39, 0.29) is 0 Å². The summed E-state index contributed by atoms with van der Waals surface area (Å²) in [7, 11) is 1.83. The van der Waals surface area contributed by atoms with Gasteiger partial charge in [-0.25, -0.2) is 9.97 Å². The maximum Gasteiger partial charge on any atom is 0.144 e. The largest absolute Gasteiger partial charge is 0.372 e. The van der Waals surface area contributed by atoms with Crippen molar-refractivity contribution in [1.82, 2.24) is 15.0 Å². The first-order valence-electron chi connectivity index (χ1n) is 5.74. The smallest absolute Gasteiger partial charge is 0.144 e. The lowest BCUT2D eigenvalue weighted by molar-refractivity contribution is 1.04. The highest BCUT2D eigenvalue weighted by atomic mass is 32.2. The Labute approximate surface area is 111 Å². The molecule has 0 saturated carbocycles. The van der Waals surface area contributed by atoms with Crippen LogP contribution in [0.1, 0.15) is 17.0 Å². The van der Waals surface area contributed by atoms with Crippen LogP contribution in [0, 0.1) is 13.8 Å². The van der Waals surface area contributed by atoms with Gasteiger partial charge in [-0.3, -0.25) is 4.98 Å². The summed E-state index contributed by atoms with van der Waals surface area (Å²) >= 11 is 1.68. The minimum absolute atomic E-state index is 0.785. The van der Waals surface area contributed by atoms with Crippen molar-refractivity contribution in [3.8, 4) is 0 Å². The number of aryl methyl sites for hydroxylation is 2. The molecular weight excluding hydrogens is 244 g/mol. The number of aromatic nitrogens is 3. The lowest BCUT2D eigenvalue weighted by atomic mass is 10.3. The summed E-state index contributed by atoms with van der Waals surface area (Å²) in [5.41, 5.74) is 3.25. The Morgan fingerprint density at radius 3 is 2.61 bits per heavy atom. The second kappa shape index (κ2) is 5.82. The molecule has 2 aromatic heterocycles. The molecule has 2 aromatic rings. The zero-order chi connectivity index (χ0) is 13.0. The lowest BCUT2D eigenvalue weighted by Crippen LogP contribution is -1.96. The zero-order valence-electron chi connectivity index (χ0n) is 10.8. The minimum Gasteiger partial charge on any atom is -0.372 e. The van der Waals surface area contributed by atoms with Crippen molar-refractivity contribution in [2.75, 3.05) is 12.4 Å². The Balaban J connectivity index is 2.01. The third kappa shape index (κ3) is 3.43. The number of thioether (sulfide) groups is 1. The van der Waals surface area contributed by atoms with Crippen molar-refractivity contribution in [2.24, 2.45) is 0 Å². The molecule has 0 aliphatic carbocycles. The fourth-order valence-electron chi connectivity index (χ4n) is 1.58. The summed E-state index contributed by atoms with van der Waals surface area (Å²) in [4.78, 5) is 13.1. The second-order valence-electron chi connectivity index (χ2n) is 4.06. The van der Waals surface area contributed by atoms with Crippen molar-refractivity contribution in [2.45, 2.75) is 24.6 Å². The van der Waals surface area contributed by atoms with E-state index in [0.717, 1.165) is 28.0 Å². The first-order valence-corrected chi connectivity index (χ1v) is 6.72. The summed E-state index contributed by atoms with van der Waals surface area (Å²) in [6, 6.07) is 4.17. The van der Waals surface area contributed by atoms with Crippen LogP contribution in [0.3, 0.4) is 0 Å². The van der Waals surface area contributed by atoms with Crippen LogP contribution in [0.4, 0.5) is 5.82 Å². The van der Waals surface area contributed by atoms with E-state index >= 15 is 0 Å². The molecule has 2 heterocycles. The van der Waals surface area contributed by atoms with Crippen LogP contribution in [0.25, 0.3) is 0 Å². The molecule has 0 unspecified atom stereocenters. The molecule has 5 heteroatoms. The number of anilines is 1. The Morgan fingerprint density at radius 2 is 2.00 bits per heavy atom. The van der Waals surface area contributed by atoms with Crippen LogP contribution in [-0.4, -0.2) is 22.0 Å². The molecule has 0 aliphatic heterocycles. The fraction of sp³-hybridized carbons (Fsp3) is 0.308. The number of hydrogen-bond acceptors (Lipinski definition) is 5. The number of hydrogen-bond donors (Lipinski definition) is 1. The molecule has 1 N–H and O–H groups in total. The summed E-state index contributed by atoms with van der Waals surface area (Å²) in [5.74, 6) is 1.57. The van der Waals surface area contributed by atoms with Gasteiger partial charge in [0.05, 0.1) is 23.1 Å². The molecule has 94 valence electrons. The van der Waals surface area contributed by atoms with Gasteiger partial charge in [-0.05, 0) is 31.5 Å². The molecule has 0 fully saturated rings. The number of nitrogens with one attached hydrogen (secondary N) is 1. The summed E-state index contributed by atoms with van der Waals surface area (Å²) in [6.07, 6.45) is 3.53. The zero-order valence-corrected chi connectivity index (χ0v) is 11.6. The van der Waals surface area contributed by atoms with Gasteiger partial charge < -0.3 is 5.32 Å². The first-order chi connectivity index (χ1) is 8.67. The highest BCUT2D eigenvalue weighted by molar-refractivity contribution is 7.98. The normalized spacial score (nSPS) is 10.4.